The Hall–Kier alpha value is -2.89. The minimum atomic E-state index is 0.0104. The summed E-state index contributed by atoms with van der Waals surface area (Å²) in [5, 5.41) is 8.96. The molecule has 1 aromatic carbocycles. The first kappa shape index (κ1) is 15.4. The highest BCUT2D eigenvalue weighted by Gasteiger charge is 2.33. The predicted octanol–water partition coefficient (Wildman–Crippen LogP) is 2.94. The van der Waals surface area contributed by atoms with Crippen molar-refractivity contribution in [2.24, 2.45) is 7.05 Å². The van der Waals surface area contributed by atoms with E-state index in [1.807, 2.05) is 53.2 Å². The van der Waals surface area contributed by atoms with Crippen molar-refractivity contribution in [3.05, 3.63) is 65.7 Å². The van der Waals surface area contributed by atoms with Crippen LogP contribution in [0.4, 0.5) is 5.69 Å². The quantitative estimate of drug-likeness (QED) is 0.732. The van der Waals surface area contributed by atoms with Crippen LogP contribution in [0.25, 0.3) is 0 Å². The number of para-hydroxylation sites is 1. The van der Waals surface area contributed by atoms with Crippen molar-refractivity contribution in [1.29, 1.82) is 0 Å². The molecule has 0 saturated heterocycles. The maximum Gasteiger partial charge on any atom is 0.276 e. The molecule has 2 aromatic heterocycles. The maximum atomic E-state index is 13.4. The molecule has 1 fully saturated rings. The smallest absolute Gasteiger partial charge is 0.276 e. The number of nitrogens with zero attached hydrogens (tertiary/aromatic N) is 5. The summed E-state index contributed by atoms with van der Waals surface area (Å²) in [6, 6.07) is 12.2. The monoisotopic (exact) mass is 347 g/mol. The van der Waals surface area contributed by atoms with Crippen LogP contribution in [0.3, 0.4) is 0 Å². The number of hydrogen-bond donors (Lipinski definition) is 0. The number of fused-ring (bicyclic) bond motifs is 1. The molecule has 3 aromatic rings. The molecule has 0 bridgehead atoms. The first-order chi connectivity index (χ1) is 12.7. The fourth-order valence-corrected chi connectivity index (χ4v) is 3.85. The van der Waals surface area contributed by atoms with Gasteiger partial charge in [0.2, 0.25) is 0 Å². The molecule has 1 unspecified atom stereocenters. The van der Waals surface area contributed by atoms with Gasteiger partial charge in [0.05, 0.1) is 11.7 Å². The van der Waals surface area contributed by atoms with Crippen molar-refractivity contribution >= 4 is 11.6 Å². The topological polar surface area (TPSA) is 56.0 Å². The van der Waals surface area contributed by atoms with E-state index in [1.54, 1.807) is 10.9 Å². The van der Waals surface area contributed by atoms with Crippen molar-refractivity contribution in [1.82, 2.24) is 19.6 Å². The molecule has 0 radical (unpaired) electrons. The summed E-state index contributed by atoms with van der Waals surface area (Å²) >= 11 is 0. The minimum absolute atomic E-state index is 0.0104. The predicted molar refractivity (Wildman–Crippen MR) is 98.3 cm³/mol. The summed E-state index contributed by atoms with van der Waals surface area (Å²) in [5.41, 5.74) is 3.87. The number of rotatable bonds is 3. The Labute approximate surface area is 152 Å². The maximum absolute atomic E-state index is 13.4. The van der Waals surface area contributed by atoms with Gasteiger partial charge in [-0.15, -0.1) is 0 Å². The second kappa shape index (κ2) is 5.83. The molecule has 1 amide bonds. The zero-order chi connectivity index (χ0) is 17.7. The fourth-order valence-electron chi connectivity index (χ4n) is 3.85. The summed E-state index contributed by atoms with van der Waals surface area (Å²) in [7, 11) is 1.86. The summed E-state index contributed by atoms with van der Waals surface area (Å²) in [6.45, 7) is 0.613. The lowest BCUT2D eigenvalue weighted by atomic mass is 9.97. The van der Waals surface area contributed by atoms with Crippen LogP contribution >= 0.6 is 0 Å². The van der Waals surface area contributed by atoms with Crippen molar-refractivity contribution in [2.75, 3.05) is 11.4 Å². The van der Waals surface area contributed by atoms with E-state index in [4.69, 9.17) is 0 Å². The highest BCUT2D eigenvalue weighted by atomic mass is 16.2. The van der Waals surface area contributed by atoms with Crippen molar-refractivity contribution in [3.8, 4) is 0 Å². The van der Waals surface area contributed by atoms with Gasteiger partial charge in [-0.05, 0) is 43.0 Å². The number of amides is 1. The van der Waals surface area contributed by atoms with E-state index in [-0.39, 0.29) is 11.9 Å². The zero-order valence-electron chi connectivity index (χ0n) is 14.7. The van der Waals surface area contributed by atoms with Crippen LogP contribution in [0.15, 0.2) is 48.8 Å². The molecule has 26 heavy (non-hydrogen) atoms. The van der Waals surface area contributed by atoms with Crippen LogP contribution in [0, 0.1) is 0 Å². The van der Waals surface area contributed by atoms with E-state index < -0.39 is 0 Å². The van der Waals surface area contributed by atoms with Gasteiger partial charge in [-0.1, -0.05) is 18.2 Å². The van der Waals surface area contributed by atoms with Gasteiger partial charge in [0, 0.05) is 37.6 Å². The third-order valence-electron chi connectivity index (χ3n) is 5.39. The fraction of sp³-hybridized carbons (Fsp3) is 0.350. The molecular weight excluding hydrogens is 326 g/mol. The van der Waals surface area contributed by atoms with Crippen LogP contribution in [0.2, 0.25) is 0 Å². The molecule has 1 aliphatic carbocycles. The lowest BCUT2D eigenvalue weighted by Gasteiger charge is -2.34. The van der Waals surface area contributed by atoms with Crippen LogP contribution < -0.4 is 4.90 Å². The van der Waals surface area contributed by atoms with Crippen molar-refractivity contribution < 1.29 is 4.79 Å². The number of aromatic nitrogens is 4. The Morgan fingerprint density at radius 1 is 1.19 bits per heavy atom. The standard InChI is InChI=1S/C20H21N5O/c1-23-19(12-17(22-23)14-7-8-14)20(26)24-13-16(25-10-4-9-21-25)11-15-5-2-3-6-18(15)24/h2-6,9-10,12,14,16H,7-8,11,13H2,1H3. The number of carbonyl (C=O) groups excluding carboxylic acids is 1. The molecule has 0 N–H and O–H groups in total. The molecule has 6 nitrogen and oxygen atoms in total. The molecule has 6 heteroatoms. The van der Waals surface area contributed by atoms with Crippen molar-refractivity contribution in [2.45, 2.75) is 31.2 Å². The third-order valence-corrected chi connectivity index (χ3v) is 5.39. The van der Waals surface area contributed by atoms with Gasteiger partial charge in [-0.3, -0.25) is 14.2 Å². The summed E-state index contributed by atoms with van der Waals surface area (Å²) < 4.78 is 3.69. The highest BCUT2D eigenvalue weighted by Crippen LogP contribution is 2.40. The Kier molecular flexibility index (Phi) is 3.45. The second-order valence-electron chi connectivity index (χ2n) is 7.24. The SMILES string of the molecule is Cn1nc(C2CC2)cc1C(=O)N1CC(n2cccn2)Cc2ccccc21. The van der Waals surface area contributed by atoms with Gasteiger partial charge in [0.15, 0.2) is 0 Å². The molecule has 2 aliphatic rings. The van der Waals surface area contributed by atoms with Gasteiger partial charge in [-0.2, -0.15) is 10.2 Å². The van der Waals surface area contributed by atoms with Crippen LogP contribution in [-0.2, 0) is 13.5 Å². The van der Waals surface area contributed by atoms with Gasteiger partial charge in [0.1, 0.15) is 5.69 Å². The van der Waals surface area contributed by atoms with Crippen LogP contribution in [0.5, 0.6) is 0 Å². The Bertz CT molecular complexity index is 955. The van der Waals surface area contributed by atoms with E-state index in [2.05, 4.69) is 16.3 Å². The average Bonchev–Trinajstić information content (AvgIpc) is 3.22. The Balaban J connectivity index is 1.52. The van der Waals surface area contributed by atoms with Gasteiger partial charge in [-0.25, -0.2) is 0 Å². The minimum Gasteiger partial charge on any atom is -0.305 e. The van der Waals surface area contributed by atoms with Gasteiger partial charge in [0.25, 0.3) is 5.91 Å². The van der Waals surface area contributed by atoms with E-state index in [9.17, 15) is 4.79 Å². The Morgan fingerprint density at radius 3 is 2.81 bits per heavy atom. The lowest BCUT2D eigenvalue weighted by molar-refractivity contribution is 0.0971. The molecule has 0 spiro atoms. The summed E-state index contributed by atoms with van der Waals surface area (Å²) in [6.07, 6.45) is 6.99. The summed E-state index contributed by atoms with van der Waals surface area (Å²) in [4.78, 5) is 15.3. The summed E-state index contributed by atoms with van der Waals surface area (Å²) in [5.74, 6) is 0.546. The average molecular weight is 347 g/mol. The van der Waals surface area contributed by atoms with Crippen LogP contribution in [0.1, 0.15) is 46.5 Å². The largest absolute Gasteiger partial charge is 0.305 e. The lowest BCUT2D eigenvalue weighted by Crippen LogP contribution is -2.41. The number of anilines is 1. The molecule has 1 atom stereocenters. The van der Waals surface area contributed by atoms with E-state index in [0.717, 1.165) is 17.8 Å². The van der Waals surface area contributed by atoms with E-state index >= 15 is 0 Å². The van der Waals surface area contributed by atoms with Gasteiger partial charge >= 0.3 is 0 Å². The highest BCUT2D eigenvalue weighted by molar-refractivity contribution is 6.05. The Morgan fingerprint density at radius 2 is 2.04 bits per heavy atom. The third kappa shape index (κ3) is 2.53. The van der Waals surface area contributed by atoms with Gasteiger partial charge < -0.3 is 4.90 Å². The number of aryl methyl sites for hydroxylation is 1. The molecule has 3 heterocycles. The first-order valence-corrected chi connectivity index (χ1v) is 9.13. The normalized spacial score (nSPS) is 19.4. The second-order valence-corrected chi connectivity index (χ2v) is 7.24. The number of carbonyl (C=O) groups is 1. The molecule has 5 rings (SSSR count). The number of benzene rings is 1. The van der Waals surface area contributed by atoms with E-state index in [0.29, 0.717) is 18.2 Å². The van der Waals surface area contributed by atoms with E-state index in [1.165, 1.54) is 18.4 Å². The number of hydrogen-bond acceptors (Lipinski definition) is 3. The zero-order valence-corrected chi connectivity index (χ0v) is 14.7. The molecule has 1 saturated carbocycles. The molecule has 132 valence electrons. The molecule has 1 aliphatic heterocycles. The van der Waals surface area contributed by atoms with Crippen molar-refractivity contribution in [3.63, 3.8) is 0 Å². The van der Waals surface area contributed by atoms with Crippen LogP contribution in [-0.4, -0.2) is 32.0 Å². The molecular formula is C20H21N5O. The first-order valence-electron chi connectivity index (χ1n) is 9.13.